The van der Waals surface area contributed by atoms with Crippen LogP contribution in [0.5, 0.6) is 0 Å². The molecule has 1 nitrogen and oxygen atoms in total. The Morgan fingerprint density at radius 1 is 1.15 bits per heavy atom. The van der Waals surface area contributed by atoms with Crippen LogP contribution in [-0.4, -0.2) is 17.8 Å². The zero-order valence-corrected chi connectivity index (χ0v) is 9.12. The van der Waals surface area contributed by atoms with Crippen molar-refractivity contribution in [1.82, 2.24) is 5.32 Å². The van der Waals surface area contributed by atoms with Gasteiger partial charge >= 0.3 is 0 Å². The standard InChI is InChI=1S/C11H22FN/c1-10(2,3)13-9-11(12)7-5-4-6-8-11/h13H,4-9H2,1-3H3. The van der Waals surface area contributed by atoms with Crippen LogP contribution in [0, 0.1) is 0 Å². The monoisotopic (exact) mass is 187 g/mol. The lowest BCUT2D eigenvalue weighted by Crippen LogP contribution is -2.46. The minimum Gasteiger partial charge on any atom is -0.309 e. The molecule has 0 spiro atoms. The summed E-state index contributed by atoms with van der Waals surface area (Å²) in [5.41, 5.74) is -0.887. The second kappa shape index (κ2) is 3.95. The fraction of sp³-hybridized carbons (Fsp3) is 1.00. The van der Waals surface area contributed by atoms with Gasteiger partial charge in [-0.25, -0.2) is 4.39 Å². The SMILES string of the molecule is CC(C)(C)NCC1(F)CCCCC1. The van der Waals surface area contributed by atoms with Crippen LogP contribution in [0.2, 0.25) is 0 Å². The summed E-state index contributed by atoms with van der Waals surface area (Å²) in [6, 6.07) is 0. The first-order valence-corrected chi connectivity index (χ1v) is 5.35. The fourth-order valence-electron chi connectivity index (χ4n) is 1.79. The quantitative estimate of drug-likeness (QED) is 0.700. The average Bonchev–Trinajstić information content (AvgIpc) is 2.02. The summed E-state index contributed by atoms with van der Waals surface area (Å²) in [7, 11) is 0. The third-order valence-electron chi connectivity index (χ3n) is 2.69. The van der Waals surface area contributed by atoms with Crippen LogP contribution < -0.4 is 5.32 Å². The van der Waals surface area contributed by atoms with E-state index in [0.717, 1.165) is 25.7 Å². The highest BCUT2D eigenvalue weighted by atomic mass is 19.1. The van der Waals surface area contributed by atoms with E-state index in [-0.39, 0.29) is 5.54 Å². The third kappa shape index (κ3) is 4.08. The maximum atomic E-state index is 14.0. The van der Waals surface area contributed by atoms with Gasteiger partial charge in [0.1, 0.15) is 5.67 Å². The maximum Gasteiger partial charge on any atom is 0.123 e. The average molecular weight is 187 g/mol. The zero-order chi connectivity index (χ0) is 9.95. The molecule has 0 aromatic rings. The van der Waals surface area contributed by atoms with Crippen molar-refractivity contribution in [2.75, 3.05) is 6.54 Å². The second-order valence-electron chi connectivity index (χ2n) is 5.32. The van der Waals surface area contributed by atoms with Gasteiger partial charge in [0.25, 0.3) is 0 Å². The Morgan fingerprint density at radius 3 is 2.15 bits per heavy atom. The Hall–Kier alpha value is -0.110. The van der Waals surface area contributed by atoms with Crippen LogP contribution in [0.15, 0.2) is 0 Å². The van der Waals surface area contributed by atoms with Gasteiger partial charge in [0.2, 0.25) is 0 Å². The van der Waals surface area contributed by atoms with Crippen LogP contribution in [-0.2, 0) is 0 Å². The van der Waals surface area contributed by atoms with E-state index in [1.807, 2.05) is 0 Å². The topological polar surface area (TPSA) is 12.0 Å². The summed E-state index contributed by atoms with van der Waals surface area (Å²) in [6.07, 6.45) is 4.82. The third-order valence-corrected chi connectivity index (χ3v) is 2.69. The van der Waals surface area contributed by atoms with Gasteiger partial charge in [-0.15, -0.1) is 0 Å². The van der Waals surface area contributed by atoms with Crippen LogP contribution in [0.4, 0.5) is 4.39 Å². The second-order valence-corrected chi connectivity index (χ2v) is 5.32. The van der Waals surface area contributed by atoms with E-state index in [9.17, 15) is 4.39 Å². The molecule has 1 fully saturated rings. The minimum atomic E-state index is -0.925. The summed E-state index contributed by atoms with van der Waals surface area (Å²) >= 11 is 0. The lowest BCUT2D eigenvalue weighted by molar-refractivity contribution is 0.0966. The molecule has 1 N–H and O–H groups in total. The van der Waals surface area contributed by atoms with Crippen LogP contribution in [0.25, 0.3) is 0 Å². The van der Waals surface area contributed by atoms with Gasteiger partial charge in [0.15, 0.2) is 0 Å². The highest BCUT2D eigenvalue weighted by molar-refractivity contribution is 4.87. The molecular weight excluding hydrogens is 165 g/mol. The van der Waals surface area contributed by atoms with E-state index in [0.29, 0.717) is 6.54 Å². The number of nitrogens with one attached hydrogen (secondary N) is 1. The van der Waals surface area contributed by atoms with Gasteiger partial charge < -0.3 is 5.32 Å². The molecule has 2 heteroatoms. The number of hydrogen-bond donors (Lipinski definition) is 1. The minimum absolute atomic E-state index is 0.0382. The molecule has 1 saturated carbocycles. The molecule has 0 saturated heterocycles. The summed E-state index contributed by atoms with van der Waals surface area (Å²) < 4.78 is 14.0. The molecule has 0 heterocycles. The normalized spacial score (nSPS) is 23.1. The number of alkyl halides is 1. The predicted octanol–water partition coefficient (Wildman–Crippen LogP) is 3.05. The molecule has 0 unspecified atom stereocenters. The van der Waals surface area contributed by atoms with Gasteiger partial charge in [-0.1, -0.05) is 19.3 Å². The fourth-order valence-corrected chi connectivity index (χ4v) is 1.79. The van der Waals surface area contributed by atoms with Crippen molar-refractivity contribution in [3.8, 4) is 0 Å². The van der Waals surface area contributed by atoms with Gasteiger partial charge in [-0.05, 0) is 33.6 Å². The van der Waals surface area contributed by atoms with Gasteiger partial charge in [-0.2, -0.15) is 0 Å². The molecule has 0 radical (unpaired) electrons. The molecule has 1 aliphatic rings. The summed E-state index contributed by atoms with van der Waals surface area (Å²) in [5.74, 6) is 0. The molecule has 78 valence electrons. The van der Waals surface area contributed by atoms with Crippen molar-refractivity contribution in [3.63, 3.8) is 0 Å². The molecule has 0 atom stereocenters. The Labute approximate surface area is 81.1 Å². The van der Waals surface area contributed by atoms with Crippen molar-refractivity contribution in [2.45, 2.75) is 64.1 Å². The smallest absolute Gasteiger partial charge is 0.123 e. The molecule has 0 aromatic heterocycles. The Morgan fingerprint density at radius 2 is 1.69 bits per heavy atom. The first kappa shape index (κ1) is 11.0. The lowest BCUT2D eigenvalue weighted by Gasteiger charge is -2.33. The van der Waals surface area contributed by atoms with E-state index in [1.165, 1.54) is 6.42 Å². The van der Waals surface area contributed by atoms with E-state index in [4.69, 9.17) is 0 Å². The highest BCUT2D eigenvalue weighted by Crippen LogP contribution is 2.31. The van der Waals surface area contributed by atoms with Crippen molar-refractivity contribution < 1.29 is 4.39 Å². The van der Waals surface area contributed by atoms with E-state index in [2.05, 4.69) is 26.1 Å². The molecule has 0 aromatic carbocycles. The lowest BCUT2D eigenvalue weighted by atomic mass is 9.86. The summed E-state index contributed by atoms with van der Waals surface area (Å²) in [5, 5.41) is 3.26. The Balaban J connectivity index is 2.33. The van der Waals surface area contributed by atoms with Crippen molar-refractivity contribution in [2.24, 2.45) is 0 Å². The summed E-state index contributed by atoms with van der Waals surface area (Å²) in [4.78, 5) is 0. The van der Waals surface area contributed by atoms with Crippen LogP contribution in [0.1, 0.15) is 52.9 Å². The van der Waals surface area contributed by atoms with Crippen molar-refractivity contribution >= 4 is 0 Å². The molecule has 0 aliphatic heterocycles. The molecular formula is C11H22FN. The Bertz CT molecular complexity index is 154. The molecule has 1 aliphatic carbocycles. The molecule has 0 bridgehead atoms. The van der Waals surface area contributed by atoms with Crippen molar-refractivity contribution in [3.05, 3.63) is 0 Å². The maximum absolute atomic E-state index is 14.0. The molecule has 13 heavy (non-hydrogen) atoms. The number of rotatable bonds is 2. The number of halogens is 1. The molecule has 1 rings (SSSR count). The van der Waals surface area contributed by atoms with E-state index >= 15 is 0 Å². The van der Waals surface area contributed by atoms with Crippen LogP contribution in [0.3, 0.4) is 0 Å². The largest absolute Gasteiger partial charge is 0.309 e. The zero-order valence-electron chi connectivity index (χ0n) is 9.12. The Kier molecular flexibility index (Phi) is 3.33. The number of hydrogen-bond acceptors (Lipinski definition) is 1. The summed E-state index contributed by atoms with van der Waals surface area (Å²) in [6.45, 7) is 6.77. The van der Waals surface area contributed by atoms with Crippen molar-refractivity contribution in [1.29, 1.82) is 0 Å². The molecule has 0 amide bonds. The predicted molar refractivity (Wildman–Crippen MR) is 54.7 cm³/mol. The van der Waals surface area contributed by atoms with Gasteiger partial charge in [0.05, 0.1) is 0 Å². The van der Waals surface area contributed by atoms with E-state index < -0.39 is 5.67 Å². The first-order valence-electron chi connectivity index (χ1n) is 5.35. The van der Waals surface area contributed by atoms with E-state index in [1.54, 1.807) is 0 Å². The highest BCUT2D eigenvalue weighted by Gasteiger charge is 2.32. The van der Waals surface area contributed by atoms with Crippen LogP contribution >= 0.6 is 0 Å². The van der Waals surface area contributed by atoms with Gasteiger partial charge in [0, 0.05) is 12.1 Å². The first-order chi connectivity index (χ1) is 5.91. The van der Waals surface area contributed by atoms with Gasteiger partial charge in [-0.3, -0.25) is 0 Å².